The zero-order valence-electron chi connectivity index (χ0n) is 15.5. The minimum atomic E-state index is -0.332. The van der Waals surface area contributed by atoms with Gasteiger partial charge >= 0.3 is 0 Å². The molecule has 0 unspecified atom stereocenters. The molecule has 1 N–H and O–H groups in total. The number of carbonyl (C=O) groups is 1. The third-order valence-corrected chi connectivity index (χ3v) is 4.34. The number of hydrogen-bond donors (Lipinski definition) is 1. The normalized spacial score (nSPS) is 12.3. The fourth-order valence-corrected chi connectivity index (χ4v) is 2.90. The van der Waals surface area contributed by atoms with Crippen LogP contribution in [0.3, 0.4) is 0 Å². The van der Waals surface area contributed by atoms with Gasteiger partial charge in [0.1, 0.15) is 13.2 Å². The molecule has 0 atom stereocenters. The zero-order chi connectivity index (χ0) is 19.3. The van der Waals surface area contributed by atoms with Crippen LogP contribution >= 0.6 is 0 Å². The van der Waals surface area contributed by atoms with Crippen LogP contribution in [0.15, 0.2) is 60.7 Å². The van der Waals surface area contributed by atoms with Crippen LogP contribution in [0.2, 0.25) is 0 Å². The summed E-state index contributed by atoms with van der Waals surface area (Å²) in [5.41, 5.74) is 2.03. The Balaban J connectivity index is 1.41. The van der Waals surface area contributed by atoms with Crippen LogP contribution in [0.25, 0.3) is 0 Å². The maximum Gasteiger partial charge on any atom is 0.276 e. The summed E-state index contributed by atoms with van der Waals surface area (Å²) in [5.74, 6) is 1.66. The second kappa shape index (κ2) is 7.96. The van der Waals surface area contributed by atoms with Crippen molar-refractivity contribution in [2.24, 2.45) is 0 Å². The average molecular weight is 376 g/mol. The predicted octanol–water partition coefficient (Wildman–Crippen LogP) is 3.14. The van der Waals surface area contributed by atoms with Crippen molar-refractivity contribution in [2.45, 2.75) is 6.54 Å². The average Bonchev–Trinajstić information content (AvgIpc) is 2.74. The number of nitrogens with zero attached hydrogens (tertiary/aromatic N) is 3. The van der Waals surface area contributed by atoms with Crippen molar-refractivity contribution in [1.82, 2.24) is 10.2 Å². The number of aromatic nitrogens is 2. The summed E-state index contributed by atoms with van der Waals surface area (Å²) in [6.45, 7) is 1.73. The van der Waals surface area contributed by atoms with Gasteiger partial charge in [0, 0.05) is 25.3 Å². The highest BCUT2D eigenvalue weighted by Crippen LogP contribution is 2.32. The fraction of sp³-hybridized carbons (Fsp3) is 0.190. The molecule has 0 saturated heterocycles. The molecule has 2 heterocycles. The van der Waals surface area contributed by atoms with Crippen molar-refractivity contribution in [2.75, 3.05) is 30.5 Å². The lowest BCUT2D eigenvalue weighted by atomic mass is 10.2. The summed E-state index contributed by atoms with van der Waals surface area (Å²) in [5, 5.41) is 11.0. The van der Waals surface area contributed by atoms with E-state index in [0.717, 1.165) is 0 Å². The summed E-state index contributed by atoms with van der Waals surface area (Å²) in [4.78, 5) is 14.4. The minimum Gasteiger partial charge on any atom is -0.486 e. The molecular formula is C21H20N4O3. The summed E-state index contributed by atoms with van der Waals surface area (Å²) < 4.78 is 11.0. The predicted molar refractivity (Wildman–Crippen MR) is 106 cm³/mol. The topological polar surface area (TPSA) is 76.6 Å². The lowest BCUT2D eigenvalue weighted by Gasteiger charge is -2.19. The molecule has 28 heavy (non-hydrogen) atoms. The van der Waals surface area contributed by atoms with E-state index in [2.05, 4.69) is 27.6 Å². The van der Waals surface area contributed by atoms with Gasteiger partial charge in [0.05, 0.1) is 0 Å². The van der Waals surface area contributed by atoms with Gasteiger partial charge in [0.25, 0.3) is 5.91 Å². The van der Waals surface area contributed by atoms with E-state index in [0.29, 0.717) is 42.8 Å². The summed E-state index contributed by atoms with van der Waals surface area (Å²) >= 11 is 0. The molecule has 7 heteroatoms. The van der Waals surface area contributed by atoms with Gasteiger partial charge in [-0.3, -0.25) is 4.79 Å². The van der Waals surface area contributed by atoms with Gasteiger partial charge < -0.3 is 19.7 Å². The Morgan fingerprint density at radius 3 is 2.54 bits per heavy atom. The van der Waals surface area contributed by atoms with E-state index in [1.54, 1.807) is 30.3 Å². The number of carbonyl (C=O) groups excluding carboxylic acids is 1. The molecule has 142 valence electrons. The number of anilines is 2. The second-order valence-corrected chi connectivity index (χ2v) is 6.43. The van der Waals surface area contributed by atoms with Gasteiger partial charge in [-0.25, -0.2) is 0 Å². The first-order valence-electron chi connectivity index (χ1n) is 8.99. The van der Waals surface area contributed by atoms with Crippen LogP contribution in [0.5, 0.6) is 11.5 Å². The Labute approximate surface area is 162 Å². The Morgan fingerprint density at radius 1 is 1.00 bits per heavy atom. The third-order valence-electron chi connectivity index (χ3n) is 4.34. The van der Waals surface area contributed by atoms with Crippen LogP contribution in [-0.2, 0) is 6.54 Å². The van der Waals surface area contributed by atoms with E-state index in [1.807, 2.05) is 30.1 Å². The number of fused-ring (bicyclic) bond motifs is 1. The first kappa shape index (κ1) is 17.8. The first-order chi connectivity index (χ1) is 13.7. The Kier molecular flexibility index (Phi) is 5.05. The van der Waals surface area contributed by atoms with E-state index in [4.69, 9.17) is 9.47 Å². The smallest absolute Gasteiger partial charge is 0.276 e. The van der Waals surface area contributed by atoms with Crippen molar-refractivity contribution in [3.8, 4) is 11.5 Å². The molecule has 1 aromatic heterocycles. The number of rotatable bonds is 5. The van der Waals surface area contributed by atoms with E-state index in [9.17, 15) is 4.79 Å². The van der Waals surface area contributed by atoms with Crippen LogP contribution in [0.4, 0.5) is 11.5 Å². The van der Waals surface area contributed by atoms with E-state index in [1.165, 1.54) is 5.56 Å². The Hall–Kier alpha value is -3.61. The van der Waals surface area contributed by atoms with Crippen molar-refractivity contribution >= 4 is 17.4 Å². The highest BCUT2D eigenvalue weighted by atomic mass is 16.6. The van der Waals surface area contributed by atoms with Gasteiger partial charge in [-0.15, -0.1) is 10.2 Å². The van der Waals surface area contributed by atoms with Crippen molar-refractivity contribution in [3.63, 3.8) is 0 Å². The molecule has 0 fully saturated rings. The standard InChI is InChI=1S/C21H20N4O3/c1-25(14-15-5-3-2-4-6-15)20-10-8-17(23-24-20)21(26)22-16-7-9-18-19(13-16)28-12-11-27-18/h2-10,13H,11-12,14H2,1H3,(H,22,26). The summed E-state index contributed by atoms with van der Waals surface area (Å²) in [7, 11) is 1.94. The Morgan fingerprint density at radius 2 is 1.79 bits per heavy atom. The van der Waals surface area contributed by atoms with Crippen LogP contribution in [0.1, 0.15) is 16.1 Å². The quantitative estimate of drug-likeness (QED) is 0.737. The van der Waals surface area contributed by atoms with Crippen molar-refractivity contribution in [3.05, 3.63) is 71.9 Å². The molecule has 0 aliphatic carbocycles. The van der Waals surface area contributed by atoms with Crippen LogP contribution in [0, 0.1) is 0 Å². The van der Waals surface area contributed by atoms with E-state index < -0.39 is 0 Å². The van der Waals surface area contributed by atoms with Gasteiger partial charge in [-0.05, 0) is 29.8 Å². The minimum absolute atomic E-state index is 0.242. The van der Waals surface area contributed by atoms with Gasteiger partial charge in [0.15, 0.2) is 23.0 Å². The van der Waals surface area contributed by atoms with Gasteiger partial charge in [-0.1, -0.05) is 30.3 Å². The molecule has 1 aliphatic heterocycles. The molecule has 2 aromatic carbocycles. The third kappa shape index (κ3) is 4.03. The molecule has 1 amide bonds. The molecule has 0 spiro atoms. The van der Waals surface area contributed by atoms with Gasteiger partial charge in [0.2, 0.25) is 0 Å². The fourth-order valence-electron chi connectivity index (χ4n) is 2.90. The number of amides is 1. The number of benzene rings is 2. The molecular weight excluding hydrogens is 356 g/mol. The molecule has 1 aliphatic rings. The summed E-state index contributed by atoms with van der Waals surface area (Å²) in [6, 6.07) is 18.8. The van der Waals surface area contributed by atoms with E-state index in [-0.39, 0.29) is 11.6 Å². The van der Waals surface area contributed by atoms with E-state index >= 15 is 0 Å². The number of nitrogens with one attached hydrogen (secondary N) is 1. The lowest BCUT2D eigenvalue weighted by molar-refractivity contribution is 0.102. The SMILES string of the molecule is CN(Cc1ccccc1)c1ccc(C(=O)Nc2ccc3c(c2)OCCO3)nn1. The maximum absolute atomic E-state index is 12.5. The molecule has 0 radical (unpaired) electrons. The van der Waals surface area contributed by atoms with Gasteiger partial charge in [-0.2, -0.15) is 0 Å². The van der Waals surface area contributed by atoms with Crippen molar-refractivity contribution < 1.29 is 14.3 Å². The zero-order valence-corrected chi connectivity index (χ0v) is 15.5. The monoisotopic (exact) mass is 376 g/mol. The largest absolute Gasteiger partial charge is 0.486 e. The Bertz CT molecular complexity index is 961. The highest BCUT2D eigenvalue weighted by Gasteiger charge is 2.15. The first-order valence-corrected chi connectivity index (χ1v) is 8.99. The highest BCUT2D eigenvalue weighted by molar-refractivity contribution is 6.03. The van der Waals surface area contributed by atoms with Crippen molar-refractivity contribution in [1.29, 1.82) is 0 Å². The number of hydrogen-bond acceptors (Lipinski definition) is 6. The maximum atomic E-state index is 12.5. The molecule has 4 rings (SSSR count). The second-order valence-electron chi connectivity index (χ2n) is 6.43. The molecule has 0 saturated carbocycles. The van der Waals surface area contributed by atoms with Crippen LogP contribution in [-0.4, -0.2) is 36.4 Å². The lowest BCUT2D eigenvalue weighted by Crippen LogP contribution is -2.20. The molecule has 7 nitrogen and oxygen atoms in total. The molecule has 3 aromatic rings. The van der Waals surface area contributed by atoms with Crippen LogP contribution < -0.4 is 19.7 Å². The summed E-state index contributed by atoms with van der Waals surface area (Å²) in [6.07, 6.45) is 0. The number of ether oxygens (including phenoxy) is 2. The molecule has 0 bridgehead atoms.